The molecule has 0 fully saturated rings. The van der Waals surface area contributed by atoms with Crippen LogP contribution in [0.3, 0.4) is 0 Å². The molecule has 0 radical (unpaired) electrons. The van der Waals surface area contributed by atoms with Crippen molar-refractivity contribution < 1.29 is 9.72 Å². The van der Waals surface area contributed by atoms with Gasteiger partial charge in [0.1, 0.15) is 0 Å². The van der Waals surface area contributed by atoms with Gasteiger partial charge < -0.3 is 5.32 Å². The van der Waals surface area contributed by atoms with Crippen molar-refractivity contribution in [2.24, 2.45) is 0 Å². The molecular weight excluding hydrogens is 292 g/mol. The Morgan fingerprint density at radius 1 is 1.13 bits per heavy atom. The summed E-state index contributed by atoms with van der Waals surface area (Å²) in [7, 11) is 0. The lowest BCUT2D eigenvalue weighted by Gasteiger charge is -2.12. The molecule has 0 atom stereocenters. The maximum atomic E-state index is 12.5. The molecule has 2 rings (SSSR count). The minimum absolute atomic E-state index is 0.000258. The molecule has 118 valence electrons. The highest BCUT2D eigenvalue weighted by Crippen LogP contribution is 2.21. The van der Waals surface area contributed by atoms with Gasteiger partial charge >= 0.3 is 0 Å². The molecule has 0 aromatic heterocycles. The second kappa shape index (κ2) is 7.35. The topological polar surface area (TPSA) is 72.2 Å². The van der Waals surface area contributed by atoms with Crippen LogP contribution in [0.2, 0.25) is 0 Å². The first kappa shape index (κ1) is 16.4. The van der Waals surface area contributed by atoms with Crippen molar-refractivity contribution in [3.8, 4) is 0 Å². The molecule has 0 bridgehead atoms. The summed E-state index contributed by atoms with van der Waals surface area (Å²) in [5, 5.41) is 13.8. The number of nitrogens with zero attached hydrogens (tertiary/aromatic N) is 1. The molecule has 0 spiro atoms. The number of rotatable bonds is 5. The molecule has 2 aromatic rings. The first-order valence-electron chi connectivity index (χ1n) is 7.30. The first-order chi connectivity index (χ1) is 11.0. The minimum Gasteiger partial charge on any atom is -0.350 e. The maximum Gasteiger partial charge on any atom is 0.270 e. The predicted molar refractivity (Wildman–Crippen MR) is 90.7 cm³/mol. The number of non-ortho nitro benzene ring substituents is 1. The molecular formula is C18H18N2O3. The number of nitro benzene ring substituents is 1. The molecule has 5 heteroatoms. The number of hydrogen-bond donors (Lipinski definition) is 1. The zero-order valence-electron chi connectivity index (χ0n) is 13.0. The Bertz CT molecular complexity index is 737. The number of carbonyl (C=O) groups is 1. The zero-order chi connectivity index (χ0) is 16.8. The van der Waals surface area contributed by atoms with Crippen LogP contribution in [-0.4, -0.2) is 16.9 Å². The van der Waals surface area contributed by atoms with E-state index in [2.05, 4.69) is 5.32 Å². The van der Waals surface area contributed by atoms with E-state index in [4.69, 9.17) is 0 Å². The number of nitrogens with one attached hydrogen (secondary N) is 1. The van der Waals surface area contributed by atoms with Gasteiger partial charge in [-0.1, -0.05) is 42.5 Å². The fourth-order valence-electron chi connectivity index (χ4n) is 2.13. The van der Waals surface area contributed by atoms with Gasteiger partial charge in [0.25, 0.3) is 11.6 Å². The number of benzene rings is 2. The number of hydrogen-bond acceptors (Lipinski definition) is 3. The van der Waals surface area contributed by atoms with Gasteiger partial charge in [0, 0.05) is 23.7 Å². The molecule has 23 heavy (non-hydrogen) atoms. The second-order valence-corrected chi connectivity index (χ2v) is 5.40. The number of nitro groups is 1. The monoisotopic (exact) mass is 310 g/mol. The SMILES string of the molecule is CC(C)NC(=O)/C(=C/c1cccc([N+](=O)[O-])c1)c1ccccc1. The predicted octanol–water partition coefficient (Wildman–Crippen LogP) is 3.66. The van der Waals surface area contributed by atoms with Crippen LogP contribution in [0.25, 0.3) is 11.6 Å². The van der Waals surface area contributed by atoms with Gasteiger partial charge in [-0.15, -0.1) is 0 Å². The zero-order valence-corrected chi connectivity index (χ0v) is 13.0. The quantitative estimate of drug-likeness (QED) is 0.396. The number of carbonyl (C=O) groups excluding carboxylic acids is 1. The average molecular weight is 310 g/mol. The summed E-state index contributed by atoms with van der Waals surface area (Å²) in [5.41, 5.74) is 1.84. The normalized spacial score (nSPS) is 11.3. The van der Waals surface area contributed by atoms with Crippen molar-refractivity contribution in [3.05, 3.63) is 75.8 Å². The Morgan fingerprint density at radius 2 is 1.83 bits per heavy atom. The van der Waals surface area contributed by atoms with E-state index in [1.54, 1.807) is 18.2 Å². The van der Waals surface area contributed by atoms with Gasteiger partial charge in [-0.3, -0.25) is 14.9 Å². The van der Waals surface area contributed by atoms with E-state index in [0.29, 0.717) is 11.1 Å². The van der Waals surface area contributed by atoms with Crippen LogP contribution >= 0.6 is 0 Å². The van der Waals surface area contributed by atoms with Gasteiger partial charge in [-0.25, -0.2) is 0 Å². The average Bonchev–Trinajstić information content (AvgIpc) is 2.53. The van der Waals surface area contributed by atoms with Crippen molar-refractivity contribution >= 4 is 23.2 Å². The molecule has 0 heterocycles. The highest BCUT2D eigenvalue weighted by Gasteiger charge is 2.13. The van der Waals surface area contributed by atoms with E-state index < -0.39 is 4.92 Å². The first-order valence-corrected chi connectivity index (χ1v) is 7.30. The Balaban J connectivity index is 2.46. The van der Waals surface area contributed by atoms with Crippen molar-refractivity contribution in [2.75, 3.05) is 0 Å². The lowest BCUT2D eigenvalue weighted by Crippen LogP contribution is -2.30. The minimum atomic E-state index is -0.451. The van der Waals surface area contributed by atoms with Gasteiger partial charge in [0.05, 0.1) is 4.92 Å². The molecule has 5 nitrogen and oxygen atoms in total. The largest absolute Gasteiger partial charge is 0.350 e. The van der Waals surface area contributed by atoms with Gasteiger partial charge in [0.2, 0.25) is 0 Å². The Hall–Kier alpha value is -2.95. The Kier molecular flexibility index (Phi) is 5.25. The van der Waals surface area contributed by atoms with Crippen LogP contribution in [-0.2, 0) is 4.79 Å². The highest BCUT2D eigenvalue weighted by atomic mass is 16.6. The highest BCUT2D eigenvalue weighted by molar-refractivity contribution is 6.24. The number of amides is 1. The molecule has 0 saturated carbocycles. The van der Waals surface area contributed by atoms with E-state index in [1.165, 1.54) is 12.1 Å². The third kappa shape index (κ3) is 4.51. The van der Waals surface area contributed by atoms with E-state index in [-0.39, 0.29) is 17.6 Å². The van der Waals surface area contributed by atoms with Crippen molar-refractivity contribution in [2.45, 2.75) is 19.9 Å². The summed E-state index contributed by atoms with van der Waals surface area (Å²) in [4.78, 5) is 22.9. The second-order valence-electron chi connectivity index (χ2n) is 5.40. The van der Waals surface area contributed by atoms with Crippen molar-refractivity contribution in [1.29, 1.82) is 0 Å². The molecule has 1 N–H and O–H groups in total. The fraction of sp³-hybridized carbons (Fsp3) is 0.167. The van der Waals surface area contributed by atoms with Crippen LogP contribution in [0, 0.1) is 10.1 Å². The lowest BCUT2D eigenvalue weighted by molar-refractivity contribution is -0.384. The van der Waals surface area contributed by atoms with Gasteiger partial charge in [-0.2, -0.15) is 0 Å². The standard InChI is InChI=1S/C18H18N2O3/c1-13(2)19-18(21)17(15-8-4-3-5-9-15)12-14-7-6-10-16(11-14)20(22)23/h3-13H,1-2H3,(H,19,21)/b17-12+. The Morgan fingerprint density at radius 3 is 2.43 bits per heavy atom. The van der Waals surface area contributed by atoms with E-state index in [9.17, 15) is 14.9 Å². The molecule has 2 aromatic carbocycles. The van der Waals surface area contributed by atoms with Crippen molar-refractivity contribution in [1.82, 2.24) is 5.32 Å². The van der Waals surface area contributed by atoms with Crippen LogP contribution in [0.4, 0.5) is 5.69 Å². The third-order valence-corrected chi connectivity index (χ3v) is 3.14. The van der Waals surface area contributed by atoms with Crippen LogP contribution in [0.5, 0.6) is 0 Å². The van der Waals surface area contributed by atoms with Crippen molar-refractivity contribution in [3.63, 3.8) is 0 Å². The van der Waals surface area contributed by atoms with E-state index >= 15 is 0 Å². The third-order valence-electron chi connectivity index (χ3n) is 3.14. The molecule has 0 saturated heterocycles. The molecule has 0 aliphatic carbocycles. The van der Waals surface area contributed by atoms with Crippen LogP contribution in [0.15, 0.2) is 54.6 Å². The molecule has 0 aliphatic rings. The van der Waals surface area contributed by atoms with Gasteiger partial charge in [-0.05, 0) is 31.1 Å². The maximum absolute atomic E-state index is 12.5. The van der Waals surface area contributed by atoms with Crippen LogP contribution < -0.4 is 5.32 Å². The fourth-order valence-corrected chi connectivity index (χ4v) is 2.13. The summed E-state index contributed by atoms with van der Waals surface area (Å²) in [5.74, 6) is -0.210. The van der Waals surface area contributed by atoms with E-state index in [1.807, 2.05) is 44.2 Å². The summed E-state index contributed by atoms with van der Waals surface area (Å²) < 4.78 is 0. The molecule has 1 amide bonds. The summed E-state index contributed by atoms with van der Waals surface area (Å²) in [6, 6.07) is 15.4. The lowest BCUT2D eigenvalue weighted by atomic mass is 10.0. The van der Waals surface area contributed by atoms with Crippen LogP contribution in [0.1, 0.15) is 25.0 Å². The van der Waals surface area contributed by atoms with E-state index in [0.717, 1.165) is 5.56 Å². The summed E-state index contributed by atoms with van der Waals surface area (Å²) in [6.07, 6.45) is 1.67. The Labute approximate surface area is 134 Å². The summed E-state index contributed by atoms with van der Waals surface area (Å²) >= 11 is 0. The van der Waals surface area contributed by atoms with Gasteiger partial charge in [0.15, 0.2) is 0 Å². The molecule has 0 unspecified atom stereocenters. The summed E-state index contributed by atoms with van der Waals surface area (Å²) in [6.45, 7) is 3.77. The smallest absolute Gasteiger partial charge is 0.270 e. The molecule has 0 aliphatic heterocycles.